The van der Waals surface area contributed by atoms with Crippen LogP contribution in [0.25, 0.3) is 0 Å². The van der Waals surface area contributed by atoms with E-state index in [9.17, 15) is 13.6 Å². The van der Waals surface area contributed by atoms with Gasteiger partial charge in [0.05, 0.1) is 16.9 Å². The van der Waals surface area contributed by atoms with Gasteiger partial charge >= 0.3 is 0 Å². The van der Waals surface area contributed by atoms with Crippen LogP contribution in [-0.2, 0) is 7.05 Å². The molecule has 1 heterocycles. The molecule has 0 fully saturated rings. The fourth-order valence-electron chi connectivity index (χ4n) is 1.85. The molecule has 1 aromatic carbocycles. The number of hydrogen-bond acceptors (Lipinski definition) is 2. The molecule has 0 saturated heterocycles. The van der Waals surface area contributed by atoms with E-state index in [0.717, 1.165) is 17.0 Å². The molecule has 0 aliphatic carbocycles. The van der Waals surface area contributed by atoms with Gasteiger partial charge in [-0.05, 0) is 19.1 Å². The van der Waals surface area contributed by atoms with Crippen LogP contribution in [0.1, 0.15) is 16.1 Å². The number of rotatable bonds is 2. The van der Waals surface area contributed by atoms with Crippen molar-refractivity contribution in [2.75, 3.05) is 11.9 Å². The first-order valence-corrected chi connectivity index (χ1v) is 5.63. The maximum absolute atomic E-state index is 13.6. The third kappa shape index (κ3) is 2.47. The second-order valence-corrected chi connectivity index (χ2v) is 4.26. The van der Waals surface area contributed by atoms with E-state index >= 15 is 0 Å². The van der Waals surface area contributed by atoms with E-state index in [4.69, 9.17) is 0 Å². The molecule has 0 saturated carbocycles. The van der Waals surface area contributed by atoms with Crippen LogP contribution in [0.2, 0.25) is 0 Å². The summed E-state index contributed by atoms with van der Waals surface area (Å²) in [5, 5.41) is 4.06. The molecular weight excluding hydrogens is 252 g/mol. The quantitative estimate of drug-likeness (QED) is 0.835. The van der Waals surface area contributed by atoms with Crippen molar-refractivity contribution in [1.29, 1.82) is 0 Å². The lowest BCUT2D eigenvalue weighted by Gasteiger charge is -2.17. The van der Waals surface area contributed by atoms with Gasteiger partial charge in [0.15, 0.2) is 0 Å². The highest BCUT2D eigenvalue weighted by molar-refractivity contribution is 6.06. The summed E-state index contributed by atoms with van der Waals surface area (Å²) in [6, 6.07) is 3.09. The molecule has 0 unspecified atom stereocenters. The minimum Gasteiger partial charge on any atom is -0.309 e. The molecule has 100 valence electrons. The van der Waals surface area contributed by atoms with Crippen LogP contribution in [0.15, 0.2) is 24.4 Å². The van der Waals surface area contributed by atoms with E-state index in [2.05, 4.69) is 5.10 Å². The van der Waals surface area contributed by atoms with Gasteiger partial charge in [-0.15, -0.1) is 0 Å². The number of anilines is 1. The van der Waals surface area contributed by atoms with Gasteiger partial charge < -0.3 is 4.90 Å². The Bertz CT molecular complexity index is 637. The molecule has 19 heavy (non-hydrogen) atoms. The van der Waals surface area contributed by atoms with Gasteiger partial charge in [0.25, 0.3) is 5.91 Å². The Morgan fingerprint density at radius 1 is 1.37 bits per heavy atom. The van der Waals surface area contributed by atoms with Gasteiger partial charge in [0, 0.05) is 26.4 Å². The largest absolute Gasteiger partial charge is 0.309 e. The topological polar surface area (TPSA) is 38.1 Å². The van der Waals surface area contributed by atoms with E-state index in [1.807, 2.05) is 0 Å². The number of aromatic nitrogens is 2. The summed E-state index contributed by atoms with van der Waals surface area (Å²) in [5.74, 6) is -1.85. The maximum atomic E-state index is 13.6. The number of carbonyl (C=O) groups excluding carboxylic acids is 1. The molecule has 0 aliphatic heterocycles. The Morgan fingerprint density at radius 2 is 2.05 bits per heavy atom. The number of aryl methyl sites for hydroxylation is 2. The van der Waals surface area contributed by atoms with E-state index < -0.39 is 17.5 Å². The molecule has 4 nitrogen and oxygen atoms in total. The second-order valence-electron chi connectivity index (χ2n) is 4.26. The van der Waals surface area contributed by atoms with Crippen molar-refractivity contribution in [3.63, 3.8) is 0 Å². The van der Waals surface area contributed by atoms with Crippen molar-refractivity contribution in [3.8, 4) is 0 Å². The zero-order valence-corrected chi connectivity index (χ0v) is 10.8. The minimum absolute atomic E-state index is 0.0228. The Labute approximate surface area is 109 Å². The van der Waals surface area contributed by atoms with Crippen molar-refractivity contribution < 1.29 is 13.6 Å². The number of halogens is 2. The first-order valence-electron chi connectivity index (χ1n) is 5.63. The summed E-state index contributed by atoms with van der Waals surface area (Å²) in [6.07, 6.45) is 1.57. The van der Waals surface area contributed by atoms with Crippen molar-refractivity contribution >= 4 is 11.6 Å². The van der Waals surface area contributed by atoms with E-state index in [1.165, 1.54) is 17.8 Å². The molecule has 0 aliphatic rings. The van der Waals surface area contributed by atoms with E-state index in [-0.39, 0.29) is 5.69 Å². The molecule has 1 amide bonds. The summed E-state index contributed by atoms with van der Waals surface area (Å²) in [4.78, 5) is 13.4. The highest BCUT2D eigenvalue weighted by Crippen LogP contribution is 2.21. The number of hydrogen-bond donors (Lipinski definition) is 0. The van der Waals surface area contributed by atoms with Crippen LogP contribution in [0.3, 0.4) is 0 Å². The maximum Gasteiger partial charge on any atom is 0.261 e. The molecule has 1 aromatic heterocycles. The molecule has 2 aromatic rings. The number of nitrogens with zero attached hydrogens (tertiary/aromatic N) is 3. The summed E-state index contributed by atoms with van der Waals surface area (Å²) in [6.45, 7) is 1.70. The lowest BCUT2D eigenvalue weighted by molar-refractivity contribution is 0.0991. The van der Waals surface area contributed by atoms with E-state index in [0.29, 0.717) is 11.3 Å². The first-order chi connectivity index (χ1) is 8.90. The van der Waals surface area contributed by atoms with Gasteiger partial charge in [0.1, 0.15) is 11.6 Å². The van der Waals surface area contributed by atoms with Crippen LogP contribution in [-0.4, -0.2) is 22.7 Å². The normalized spacial score (nSPS) is 10.6. The van der Waals surface area contributed by atoms with Crippen LogP contribution in [0, 0.1) is 18.6 Å². The molecule has 0 N–H and O–H groups in total. The molecule has 2 rings (SSSR count). The van der Waals surface area contributed by atoms with Crippen LogP contribution >= 0.6 is 0 Å². The summed E-state index contributed by atoms with van der Waals surface area (Å²) < 4.78 is 28.0. The SMILES string of the molecule is Cc1nn(C)cc1C(=O)N(C)c1ccc(F)cc1F. The lowest BCUT2D eigenvalue weighted by Crippen LogP contribution is -2.27. The van der Waals surface area contributed by atoms with Crippen molar-refractivity contribution in [1.82, 2.24) is 9.78 Å². The zero-order chi connectivity index (χ0) is 14.2. The van der Waals surface area contributed by atoms with Crippen LogP contribution in [0.5, 0.6) is 0 Å². The molecule has 0 radical (unpaired) electrons. The number of carbonyl (C=O) groups is 1. The second kappa shape index (κ2) is 4.79. The highest BCUT2D eigenvalue weighted by Gasteiger charge is 2.20. The Morgan fingerprint density at radius 3 is 2.58 bits per heavy atom. The van der Waals surface area contributed by atoms with Crippen molar-refractivity contribution in [3.05, 3.63) is 47.3 Å². The zero-order valence-electron chi connectivity index (χ0n) is 10.8. The fraction of sp³-hybridized carbons (Fsp3) is 0.231. The highest BCUT2D eigenvalue weighted by atomic mass is 19.1. The molecular formula is C13H13F2N3O. The predicted molar refractivity (Wildman–Crippen MR) is 67.0 cm³/mol. The molecule has 6 heteroatoms. The third-order valence-electron chi connectivity index (χ3n) is 2.82. The molecule has 0 spiro atoms. The van der Waals surface area contributed by atoms with Crippen LogP contribution < -0.4 is 4.90 Å². The fourth-order valence-corrected chi connectivity index (χ4v) is 1.85. The number of amides is 1. The van der Waals surface area contributed by atoms with Gasteiger partial charge in [-0.1, -0.05) is 0 Å². The predicted octanol–water partition coefficient (Wildman–Crippen LogP) is 2.28. The Hall–Kier alpha value is -2.24. The third-order valence-corrected chi connectivity index (χ3v) is 2.82. The smallest absolute Gasteiger partial charge is 0.261 e. The summed E-state index contributed by atoms with van der Waals surface area (Å²) in [7, 11) is 3.13. The molecule has 0 atom stereocenters. The van der Waals surface area contributed by atoms with Crippen LogP contribution in [0.4, 0.5) is 14.5 Å². The Balaban J connectivity index is 2.36. The average Bonchev–Trinajstić information content (AvgIpc) is 2.67. The molecule has 0 bridgehead atoms. The first kappa shape index (κ1) is 13.2. The lowest BCUT2D eigenvalue weighted by atomic mass is 10.2. The average molecular weight is 265 g/mol. The van der Waals surface area contributed by atoms with E-state index in [1.54, 1.807) is 20.2 Å². The summed E-state index contributed by atoms with van der Waals surface area (Å²) >= 11 is 0. The van der Waals surface area contributed by atoms with Gasteiger partial charge in [-0.3, -0.25) is 9.48 Å². The van der Waals surface area contributed by atoms with Crippen molar-refractivity contribution in [2.24, 2.45) is 7.05 Å². The Kier molecular flexibility index (Phi) is 3.33. The van der Waals surface area contributed by atoms with Gasteiger partial charge in [-0.25, -0.2) is 8.78 Å². The minimum atomic E-state index is -0.780. The van der Waals surface area contributed by atoms with Gasteiger partial charge in [-0.2, -0.15) is 5.10 Å². The standard InChI is InChI=1S/C13H13F2N3O/c1-8-10(7-17(2)16-8)13(19)18(3)12-5-4-9(14)6-11(12)15/h4-7H,1-3H3. The summed E-state index contributed by atoms with van der Waals surface area (Å²) in [5.41, 5.74) is 0.963. The monoisotopic (exact) mass is 265 g/mol. The number of benzene rings is 1. The van der Waals surface area contributed by atoms with Gasteiger partial charge in [0.2, 0.25) is 0 Å². The van der Waals surface area contributed by atoms with Crippen molar-refractivity contribution in [2.45, 2.75) is 6.92 Å².